The number of aryl methyl sites for hydroxylation is 1. The third-order valence-electron chi connectivity index (χ3n) is 8.02. The number of carbonyl (C=O) groups excluding carboxylic acids is 2. The summed E-state index contributed by atoms with van der Waals surface area (Å²) in [5.74, 6) is -2.91. The van der Waals surface area contributed by atoms with Crippen LogP contribution in [0.15, 0.2) is 90.3 Å². The fourth-order valence-corrected chi connectivity index (χ4v) is 6.14. The molecule has 0 bridgehead atoms. The zero-order valence-electron chi connectivity index (χ0n) is 27.0. The molecule has 5 aromatic rings. The number of hydrogen-bond donors (Lipinski definition) is 4. The molecule has 0 fully saturated rings. The second kappa shape index (κ2) is 15.8. The van der Waals surface area contributed by atoms with E-state index in [-0.39, 0.29) is 29.1 Å². The molecule has 0 saturated carbocycles. The van der Waals surface area contributed by atoms with E-state index in [1.54, 1.807) is 29.6 Å². The Bertz CT molecular complexity index is 1990. The molecule has 8 nitrogen and oxygen atoms in total. The molecule has 0 spiro atoms. The van der Waals surface area contributed by atoms with Crippen LogP contribution in [0.1, 0.15) is 85.2 Å². The van der Waals surface area contributed by atoms with Gasteiger partial charge in [0.1, 0.15) is 16.3 Å². The van der Waals surface area contributed by atoms with E-state index in [1.807, 2.05) is 12.1 Å². The Kier molecular flexibility index (Phi) is 11.3. The van der Waals surface area contributed by atoms with Gasteiger partial charge in [0.25, 0.3) is 11.8 Å². The van der Waals surface area contributed by atoms with Crippen LogP contribution in [0.5, 0.6) is 5.75 Å². The third kappa shape index (κ3) is 9.14. The largest absolute Gasteiger partial charge is 0.507 e. The summed E-state index contributed by atoms with van der Waals surface area (Å²) in [5, 5.41) is 26.5. The fraction of sp³-hybridized carbons (Fsp3) is 0.211. The lowest BCUT2D eigenvalue weighted by atomic mass is 9.99. The summed E-state index contributed by atoms with van der Waals surface area (Å²) in [6.45, 7) is 2.56. The number of carboxylic acids is 1. The van der Waals surface area contributed by atoms with E-state index in [4.69, 9.17) is 0 Å². The first-order chi connectivity index (χ1) is 23.9. The number of amides is 2. The third-order valence-corrected chi connectivity index (χ3v) is 8.96. The summed E-state index contributed by atoms with van der Waals surface area (Å²) in [5.41, 5.74) is 2.21. The van der Waals surface area contributed by atoms with Gasteiger partial charge in [-0.05, 0) is 78.1 Å². The summed E-state index contributed by atoms with van der Waals surface area (Å²) in [7, 11) is 0. The highest BCUT2D eigenvalue weighted by molar-refractivity contribution is 7.13. The van der Waals surface area contributed by atoms with Crippen LogP contribution >= 0.6 is 11.3 Å². The lowest BCUT2D eigenvalue weighted by Gasteiger charge is -2.14. The zero-order valence-corrected chi connectivity index (χ0v) is 27.8. The predicted octanol–water partition coefficient (Wildman–Crippen LogP) is 8.74. The molecule has 4 aromatic carbocycles. The SMILES string of the molecule is CCCCCc1ccc(CNC(=O)c2ccc(-c3nc(Cc4cc(C(=O)Nc5ccc(O)c(C(=O)O)c5)ccc4C(F)(F)F)cs3)cc2)cc1. The normalized spacial score (nSPS) is 11.3. The molecule has 12 heteroatoms. The Labute approximate surface area is 290 Å². The summed E-state index contributed by atoms with van der Waals surface area (Å²) in [4.78, 5) is 41.6. The number of nitrogens with zero attached hydrogens (tertiary/aromatic N) is 1. The summed E-state index contributed by atoms with van der Waals surface area (Å²) in [6.07, 6.45) is -0.337. The molecule has 0 atom stereocenters. The highest BCUT2D eigenvalue weighted by Crippen LogP contribution is 2.35. The average Bonchev–Trinajstić information content (AvgIpc) is 3.56. The van der Waals surface area contributed by atoms with Gasteiger partial charge >= 0.3 is 12.1 Å². The van der Waals surface area contributed by atoms with Crippen LogP contribution < -0.4 is 10.6 Å². The molecular formula is C38H34F3N3O5S. The van der Waals surface area contributed by atoms with Crippen LogP contribution in [0.2, 0.25) is 0 Å². The van der Waals surface area contributed by atoms with E-state index in [2.05, 4.69) is 34.7 Å². The Morgan fingerprint density at radius 3 is 2.22 bits per heavy atom. The van der Waals surface area contributed by atoms with E-state index < -0.39 is 34.9 Å². The van der Waals surface area contributed by atoms with Crippen LogP contribution in [0.4, 0.5) is 18.9 Å². The number of carboxylic acid groups (broad SMARTS) is 1. The Morgan fingerprint density at radius 1 is 0.840 bits per heavy atom. The number of carbonyl (C=O) groups is 3. The molecule has 5 rings (SSSR count). The van der Waals surface area contributed by atoms with Gasteiger partial charge in [-0.25, -0.2) is 9.78 Å². The minimum Gasteiger partial charge on any atom is -0.507 e. The van der Waals surface area contributed by atoms with E-state index in [1.165, 1.54) is 35.8 Å². The van der Waals surface area contributed by atoms with Gasteiger partial charge in [-0.2, -0.15) is 13.2 Å². The number of phenols is 1. The van der Waals surface area contributed by atoms with E-state index in [0.717, 1.165) is 48.7 Å². The fourth-order valence-electron chi connectivity index (χ4n) is 5.31. The van der Waals surface area contributed by atoms with Gasteiger partial charge in [0.2, 0.25) is 0 Å². The van der Waals surface area contributed by atoms with Crippen LogP contribution in [0.25, 0.3) is 10.6 Å². The molecule has 4 N–H and O–H groups in total. The van der Waals surface area contributed by atoms with Crippen molar-refractivity contribution in [2.45, 2.75) is 51.7 Å². The zero-order chi connectivity index (χ0) is 35.8. The topological polar surface area (TPSA) is 129 Å². The number of thiazole rings is 1. The van der Waals surface area contributed by atoms with Gasteiger partial charge in [0.15, 0.2) is 0 Å². The molecule has 1 heterocycles. The van der Waals surface area contributed by atoms with Crippen LogP contribution in [0, 0.1) is 0 Å². The number of aromatic carboxylic acids is 1. The molecule has 0 radical (unpaired) electrons. The molecular weight excluding hydrogens is 667 g/mol. The van der Waals surface area contributed by atoms with Crippen LogP contribution in [0.3, 0.4) is 0 Å². The number of anilines is 1. The van der Waals surface area contributed by atoms with Gasteiger partial charge in [-0.1, -0.05) is 56.2 Å². The molecule has 258 valence electrons. The van der Waals surface area contributed by atoms with Crippen molar-refractivity contribution in [3.8, 4) is 16.3 Å². The Balaban J connectivity index is 1.24. The van der Waals surface area contributed by atoms with Crippen molar-refractivity contribution in [2.75, 3.05) is 5.32 Å². The van der Waals surface area contributed by atoms with Crippen molar-refractivity contribution >= 4 is 34.8 Å². The van der Waals surface area contributed by atoms with Crippen molar-refractivity contribution in [1.29, 1.82) is 0 Å². The van der Waals surface area contributed by atoms with E-state index in [9.17, 15) is 37.8 Å². The first-order valence-corrected chi connectivity index (χ1v) is 16.8. The molecule has 0 aliphatic carbocycles. The number of alkyl halides is 3. The van der Waals surface area contributed by atoms with Crippen molar-refractivity contribution in [1.82, 2.24) is 10.3 Å². The summed E-state index contributed by atoms with van der Waals surface area (Å²) in [6, 6.07) is 21.4. The second-order valence-electron chi connectivity index (χ2n) is 11.7. The molecule has 2 amide bonds. The maximum absolute atomic E-state index is 14.0. The first kappa shape index (κ1) is 35.8. The van der Waals surface area contributed by atoms with E-state index in [0.29, 0.717) is 28.4 Å². The summed E-state index contributed by atoms with van der Waals surface area (Å²) >= 11 is 1.24. The lowest BCUT2D eigenvalue weighted by Crippen LogP contribution is -2.22. The Morgan fingerprint density at radius 2 is 1.54 bits per heavy atom. The molecule has 1 aromatic heterocycles. The van der Waals surface area contributed by atoms with Gasteiger partial charge in [0.05, 0.1) is 11.3 Å². The molecule has 0 unspecified atom stereocenters. The minimum atomic E-state index is -4.69. The number of benzene rings is 4. The first-order valence-electron chi connectivity index (χ1n) is 15.9. The maximum Gasteiger partial charge on any atom is 0.416 e. The molecule has 0 saturated heterocycles. The van der Waals surface area contributed by atoms with Gasteiger partial charge in [-0.15, -0.1) is 11.3 Å². The highest BCUT2D eigenvalue weighted by atomic mass is 32.1. The standard InChI is InChI=1S/C38H34F3N3O5S/c1-2-3-4-5-23-6-8-24(9-7-23)21-42-34(46)25-10-12-26(13-11-25)36-44-30(22-50-36)19-28-18-27(14-16-32(28)38(39,40)41)35(47)43-29-15-17-33(45)31(20-29)37(48)49/h6-18,20,22,45H,2-5,19,21H2,1H3,(H,42,46)(H,43,47)(H,48,49). The number of halogens is 3. The van der Waals surface area contributed by atoms with Crippen molar-refractivity contribution in [3.63, 3.8) is 0 Å². The van der Waals surface area contributed by atoms with Gasteiger partial charge in [0, 0.05) is 40.7 Å². The maximum atomic E-state index is 14.0. The number of nitrogens with one attached hydrogen (secondary N) is 2. The number of aromatic nitrogens is 1. The van der Waals surface area contributed by atoms with Crippen molar-refractivity contribution in [2.24, 2.45) is 0 Å². The number of rotatable bonds is 13. The summed E-state index contributed by atoms with van der Waals surface area (Å²) < 4.78 is 41.9. The molecule has 50 heavy (non-hydrogen) atoms. The van der Waals surface area contributed by atoms with Gasteiger partial charge in [-0.3, -0.25) is 9.59 Å². The van der Waals surface area contributed by atoms with Crippen molar-refractivity contribution < 1.29 is 37.8 Å². The van der Waals surface area contributed by atoms with Gasteiger partial charge < -0.3 is 20.8 Å². The Hall–Kier alpha value is -5.49. The highest BCUT2D eigenvalue weighted by Gasteiger charge is 2.34. The average molecular weight is 702 g/mol. The number of hydrogen-bond acceptors (Lipinski definition) is 6. The minimum absolute atomic E-state index is 0.0436. The van der Waals surface area contributed by atoms with Crippen LogP contribution in [-0.4, -0.2) is 33.0 Å². The molecule has 0 aliphatic heterocycles. The predicted molar refractivity (Wildman–Crippen MR) is 186 cm³/mol. The van der Waals surface area contributed by atoms with Crippen molar-refractivity contribution in [3.05, 3.63) is 135 Å². The smallest absolute Gasteiger partial charge is 0.416 e. The van der Waals surface area contributed by atoms with Crippen LogP contribution in [-0.2, 0) is 25.6 Å². The lowest BCUT2D eigenvalue weighted by molar-refractivity contribution is -0.138. The van der Waals surface area contributed by atoms with E-state index >= 15 is 0 Å². The quantitative estimate of drug-likeness (QED) is 0.0718. The molecule has 0 aliphatic rings. The number of aromatic hydroxyl groups is 1. The monoisotopic (exact) mass is 701 g/mol. The number of unbranched alkanes of at least 4 members (excludes halogenated alkanes) is 2. The second-order valence-corrected chi connectivity index (χ2v) is 12.6.